The van der Waals surface area contributed by atoms with E-state index in [1.165, 1.54) is 19.2 Å². The second-order valence-electron chi connectivity index (χ2n) is 5.96. The number of amides is 1. The molecule has 0 aliphatic rings. The fourth-order valence-corrected chi connectivity index (χ4v) is 2.72. The van der Waals surface area contributed by atoms with Crippen LogP contribution >= 0.6 is 0 Å². The molecule has 29 heavy (non-hydrogen) atoms. The maximum atomic E-state index is 13.4. The van der Waals surface area contributed by atoms with Crippen molar-refractivity contribution < 1.29 is 13.9 Å². The average Bonchev–Trinajstić information content (AvgIpc) is 3.16. The molecule has 0 fully saturated rings. The molecule has 10 nitrogen and oxygen atoms in total. The van der Waals surface area contributed by atoms with Gasteiger partial charge in [-0.15, -0.1) is 10.2 Å². The molecule has 3 heterocycles. The molecule has 3 N–H and O–H groups in total. The molecule has 1 amide bonds. The zero-order valence-electron chi connectivity index (χ0n) is 15.2. The van der Waals surface area contributed by atoms with Gasteiger partial charge in [0, 0.05) is 12.7 Å². The number of halogens is 1. The summed E-state index contributed by atoms with van der Waals surface area (Å²) in [5.41, 5.74) is 6.60. The average molecular weight is 394 g/mol. The largest absolute Gasteiger partial charge is 0.467 e. The summed E-state index contributed by atoms with van der Waals surface area (Å²) in [6.07, 6.45) is 1.66. The Bertz CT molecular complexity index is 1210. The number of nitrogens with zero attached hydrogens (tertiary/aromatic N) is 6. The van der Waals surface area contributed by atoms with Crippen LogP contribution in [0.2, 0.25) is 0 Å². The van der Waals surface area contributed by atoms with Gasteiger partial charge in [-0.05, 0) is 29.8 Å². The van der Waals surface area contributed by atoms with Gasteiger partial charge in [-0.1, -0.05) is 12.1 Å². The fraction of sp³-hybridized carbons (Fsp3) is 0.111. The van der Waals surface area contributed by atoms with Gasteiger partial charge in [0.2, 0.25) is 17.6 Å². The number of nitrogens with one attached hydrogen (secondary N) is 1. The Balaban J connectivity index is 1.71. The number of nitrogens with two attached hydrogens (primary N) is 1. The summed E-state index contributed by atoms with van der Waals surface area (Å²) in [4.78, 5) is 24.3. The molecule has 0 atom stereocenters. The molecule has 0 aliphatic heterocycles. The van der Waals surface area contributed by atoms with Crippen LogP contribution in [0.4, 0.5) is 10.3 Å². The van der Waals surface area contributed by atoms with Crippen molar-refractivity contribution in [2.45, 2.75) is 6.54 Å². The van der Waals surface area contributed by atoms with Gasteiger partial charge in [0.1, 0.15) is 5.82 Å². The third-order valence-corrected chi connectivity index (χ3v) is 4.04. The molecule has 4 rings (SSSR count). The van der Waals surface area contributed by atoms with Crippen molar-refractivity contribution in [3.8, 4) is 17.7 Å². The van der Waals surface area contributed by atoms with Crippen LogP contribution in [0, 0.1) is 5.82 Å². The minimum absolute atomic E-state index is 0.0551. The number of hydrogen-bond acceptors (Lipinski definition) is 8. The molecular formula is C18H15FN8O2. The number of anilines is 1. The number of benzene rings is 1. The van der Waals surface area contributed by atoms with E-state index in [-0.39, 0.29) is 47.2 Å². The lowest BCUT2D eigenvalue weighted by molar-refractivity contribution is 0.100. The van der Waals surface area contributed by atoms with Crippen molar-refractivity contribution >= 4 is 17.5 Å². The predicted octanol–water partition coefficient (Wildman–Crippen LogP) is 1.44. The molecule has 11 heteroatoms. The normalized spacial score (nSPS) is 10.8. The van der Waals surface area contributed by atoms with E-state index in [0.717, 1.165) is 0 Å². The first-order chi connectivity index (χ1) is 14.0. The lowest BCUT2D eigenvalue weighted by atomic mass is 10.2. The van der Waals surface area contributed by atoms with E-state index in [1.807, 2.05) is 0 Å². The van der Waals surface area contributed by atoms with Crippen LogP contribution in [-0.4, -0.2) is 42.6 Å². The van der Waals surface area contributed by atoms with E-state index >= 15 is 0 Å². The number of carbonyl (C=O) groups is 1. The summed E-state index contributed by atoms with van der Waals surface area (Å²) in [7, 11) is 1.42. The second kappa shape index (κ2) is 7.46. The van der Waals surface area contributed by atoms with Crippen LogP contribution in [-0.2, 0) is 6.54 Å². The van der Waals surface area contributed by atoms with Gasteiger partial charge in [0.05, 0.1) is 12.7 Å². The molecular weight excluding hydrogens is 379 g/mol. The summed E-state index contributed by atoms with van der Waals surface area (Å²) >= 11 is 0. The number of hydrogen-bond donors (Lipinski definition) is 2. The van der Waals surface area contributed by atoms with Gasteiger partial charge >= 0.3 is 6.01 Å². The first-order valence-corrected chi connectivity index (χ1v) is 8.47. The van der Waals surface area contributed by atoms with Crippen LogP contribution in [0.3, 0.4) is 0 Å². The van der Waals surface area contributed by atoms with Crippen molar-refractivity contribution in [2.24, 2.45) is 5.73 Å². The fourth-order valence-electron chi connectivity index (χ4n) is 2.72. The molecule has 3 aromatic heterocycles. The Morgan fingerprint density at radius 2 is 2.07 bits per heavy atom. The van der Waals surface area contributed by atoms with E-state index in [2.05, 4.69) is 30.5 Å². The van der Waals surface area contributed by atoms with Crippen LogP contribution < -0.4 is 15.8 Å². The zero-order valence-corrected chi connectivity index (χ0v) is 15.2. The summed E-state index contributed by atoms with van der Waals surface area (Å²) in [5, 5.41) is 11.1. The van der Waals surface area contributed by atoms with Gasteiger partial charge in [-0.25, -0.2) is 4.39 Å². The number of carbonyl (C=O) groups excluding carboxylic acids is 1. The molecule has 146 valence electrons. The van der Waals surface area contributed by atoms with Crippen molar-refractivity contribution in [2.75, 3.05) is 12.4 Å². The van der Waals surface area contributed by atoms with Gasteiger partial charge < -0.3 is 15.8 Å². The number of pyridine rings is 1. The topological polar surface area (TPSA) is 133 Å². The van der Waals surface area contributed by atoms with Crippen LogP contribution in [0.15, 0.2) is 42.6 Å². The first kappa shape index (κ1) is 18.2. The maximum absolute atomic E-state index is 13.4. The van der Waals surface area contributed by atoms with Crippen molar-refractivity contribution in [3.05, 3.63) is 59.5 Å². The van der Waals surface area contributed by atoms with Gasteiger partial charge in [0.15, 0.2) is 5.65 Å². The molecule has 1 aromatic carbocycles. The number of rotatable bonds is 6. The maximum Gasteiger partial charge on any atom is 0.321 e. The lowest BCUT2D eigenvalue weighted by Crippen LogP contribution is -2.12. The Morgan fingerprint density at radius 1 is 1.21 bits per heavy atom. The van der Waals surface area contributed by atoms with E-state index in [1.54, 1.807) is 34.9 Å². The number of fused-ring (bicyclic) bond motifs is 1. The molecule has 0 saturated carbocycles. The SMILES string of the molecule is COc1nc(NCc2cccc(F)c2)nc(-c2nnc3c(C(N)=O)cccn23)n1. The summed E-state index contributed by atoms with van der Waals surface area (Å²) in [5.74, 6) is -0.303. The zero-order chi connectivity index (χ0) is 20.4. The molecule has 0 bridgehead atoms. The third kappa shape index (κ3) is 3.65. The van der Waals surface area contributed by atoms with Crippen molar-refractivity contribution in [1.82, 2.24) is 29.5 Å². The first-order valence-electron chi connectivity index (χ1n) is 8.47. The van der Waals surface area contributed by atoms with Gasteiger partial charge in [-0.2, -0.15) is 15.0 Å². The standard InChI is InChI=1S/C18H15FN8O2/c1-29-18-23-14(16-26-25-15-12(13(20)28)6-3-7-27(15)16)22-17(24-18)21-9-10-4-2-5-11(19)8-10/h2-8H,9H2,1H3,(H2,20,28)(H,21,22,23,24). The van der Waals surface area contributed by atoms with E-state index < -0.39 is 5.91 Å². The Hall–Kier alpha value is -4.15. The molecule has 0 radical (unpaired) electrons. The second-order valence-corrected chi connectivity index (χ2v) is 5.96. The molecule has 4 aromatic rings. The monoisotopic (exact) mass is 394 g/mol. The Kier molecular flexibility index (Phi) is 4.69. The predicted molar refractivity (Wildman–Crippen MR) is 101 cm³/mol. The minimum atomic E-state index is -0.625. The molecule has 0 unspecified atom stereocenters. The van der Waals surface area contributed by atoms with Gasteiger partial charge in [0.25, 0.3) is 5.91 Å². The third-order valence-electron chi connectivity index (χ3n) is 4.04. The highest BCUT2D eigenvalue weighted by Gasteiger charge is 2.18. The number of ether oxygens (including phenoxy) is 1. The minimum Gasteiger partial charge on any atom is -0.467 e. The van der Waals surface area contributed by atoms with E-state index in [4.69, 9.17) is 10.5 Å². The number of primary amides is 1. The molecule has 0 aliphatic carbocycles. The summed E-state index contributed by atoms with van der Waals surface area (Å²) in [6.45, 7) is 0.288. The Morgan fingerprint density at radius 3 is 2.83 bits per heavy atom. The molecule has 0 saturated heterocycles. The highest BCUT2D eigenvalue weighted by molar-refractivity contribution is 5.98. The smallest absolute Gasteiger partial charge is 0.321 e. The van der Waals surface area contributed by atoms with Crippen LogP contribution in [0.25, 0.3) is 17.3 Å². The quantitative estimate of drug-likeness (QED) is 0.502. The van der Waals surface area contributed by atoms with Crippen LogP contribution in [0.5, 0.6) is 6.01 Å². The highest BCUT2D eigenvalue weighted by Crippen LogP contribution is 2.20. The number of aromatic nitrogens is 6. The number of methoxy groups -OCH3 is 1. The van der Waals surface area contributed by atoms with Crippen LogP contribution in [0.1, 0.15) is 15.9 Å². The summed E-state index contributed by atoms with van der Waals surface area (Å²) in [6, 6.07) is 9.41. The Labute approximate surface area is 163 Å². The lowest BCUT2D eigenvalue weighted by Gasteiger charge is -2.08. The van der Waals surface area contributed by atoms with Gasteiger partial charge in [-0.3, -0.25) is 9.20 Å². The van der Waals surface area contributed by atoms with Crippen molar-refractivity contribution in [3.63, 3.8) is 0 Å². The van der Waals surface area contributed by atoms with E-state index in [9.17, 15) is 9.18 Å². The van der Waals surface area contributed by atoms with Crippen molar-refractivity contribution in [1.29, 1.82) is 0 Å². The molecule has 0 spiro atoms. The van der Waals surface area contributed by atoms with E-state index in [0.29, 0.717) is 5.56 Å². The highest BCUT2D eigenvalue weighted by atomic mass is 19.1. The summed E-state index contributed by atoms with van der Waals surface area (Å²) < 4.78 is 20.1.